The Bertz CT molecular complexity index is 861. The minimum atomic E-state index is -0.944. The molecule has 8 heteroatoms. The third-order valence-electron chi connectivity index (χ3n) is 5.68. The number of rotatable bonds is 6. The molecule has 170 valence electrons. The van der Waals surface area contributed by atoms with E-state index in [2.05, 4.69) is 5.32 Å². The number of likely N-dealkylation sites (tertiary alicyclic amines) is 1. The molecule has 6 nitrogen and oxygen atoms in total. The van der Waals surface area contributed by atoms with E-state index < -0.39 is 5.60 Å². The summed E-state index contributed by atoms with van der Waals surface area (Å²) in [5, 5.41) is 25.2. The van der Waals surface area contributed by atoms with Crippen molar-refractivity contribution in [2.45, 2.75) is 44.9 Å². The van der Waals surface area contributed by atoms with Gasteiger partial charge in [0.15, 0.2) is 0 Å². The normalized spacial score (nSPS) is 16.6. The van der Waals surface area contributed by atoms with Crippen molar-refractivity contribution >= 4 is 29.1 Å². The number of carbonyl (C=O) groups excluding carboxylic acids is 1. The van der Waals surface area contributed by atoms with E-state index in [4.69, 9.17) is 23.2 Å². The van der Waals surface area contributed by atoms with Gasteiger partial charge in [-0.3, -0.25) is 4.79 Å². The molecule has 0 bridgehead atoms. The highest BCUT2D eigenvalue weighted by molar-refractivity contribution is 6.31. The molecule has 5 N–H and O–H groups in total. The first kappa shape index (κ1) is 25.4. The maximum Gasteiger partial charge on any atom is 0.239 e. The number of carbonyl (C=O) groups is 1. The van der Waals surface area contributed by atoms with Crippen LogP contribution in [0.3, 0.4) is 0 Å². The lowest BCUT2D eigenvalue weighted by Gasteiger charge is -2.40. The second kappa shape index (κ2) is 10.7. The average Bonchev–Trinajstić information content (AvgIpc) is 2.68. The Kier molecular flexibility index (Phi) is 8.74. The van der Waals surface area contributed by atoms with Crippen molar-refractivity contribution < 1.29 is 20.5 Å². The Morgan fingerprint density at radius 3 is 2.26 bits per heavy atom. The Morgan fingerprint density at radius 2 is 1.71 bits per heavy atom. The Hall–Kier alpha value is -1.83. The molecule has 2 aromatic rings. The number of aromatic hydroxyl groups is 1. The number of hydrogen-bond acceptors (Lipinski definition) is 4. The van der Waals surface area contributed by atoms with Crippen molar-refractivity contribution in [1.82, 2.24) is 10.2 Å². The molecule has 1 amide bonds. The van der Waals surface area contributed by atoms with Crippen molar-refractivity contribution in [2.75, 3.05) is 13.1 Å². The van der Waals surface area contributed by atoms with E-state index >= 15 is 0 Å². The lowest BCUT2D eigenvalue weighted by molar-refractivity contribution is -0.139. The molecule has 2 aromatic carbocycles. The van der Waals surface area contributed by atoms with Gasteiger partial charge in [-0.15, -0.1) is 0 Å². The molecule has 1 aliphatic heterocycles. The lowest BCUT2D eigenvalue weighted by atomic mass is 9.84. The van der Waals surface area contributed by atoms with Gasteiger partial charge >= 0.3 is 0 Å². The molecular formula is C23H30Cl2N2O4. The van der Waals surface area contributed by atoms with Crippen LogP contribution < -0.4 is 5.32 Å². The van der Waals surface area contributed by atoms with E-state index in [0.29, 0.717) is 42.5 Å². The molecule has 1 fully saturated rings. The number of piperidine rings is 1. The highest BCUT2D eigenvalue weighted by Crippen LogP contribution is 2.33. The second-order valence-corrected chi connectivity index (χ2v) is 9.16. The van der Waals surface area contributed by atoms with Crippen LogP contribution in [-0.4, -0.2) is 45.6 Å². The molecule has 1 heterocycles. The molecular weight excluding hydrogens is 439 g/mol. The van der Waals surface area contributed by atoms with Crippen LogP contribution in [0.25, 0.3) is 0 Å². The zero-order valence-corrected chi connectivity index (χ0v) is 19.2. The summed E-state index contributed by atoms with van der Waals surface area (Å²) < 4.78 is 0. The van der Waals surface area contributed by atoms with Crippen LogP contribution in [0.2, 0.25) is 10.0 Å². The Labute approximate surface area is 193 Å². The summed E-state index contributed by atoms with van der Waals surface area (Å²) in [5.74, 6) is 0.209. The second-order valence-electron chi connectivity index (χ2n) is 8.28. The fraction of sp³-hybridized carbons (Fsp3) is 0.435. The van der Waals surface area contributed by atoms with Gasteiger partial charge in [-0.1, -0.05) is 49.2 Å². The molecule has 0 saturated carbocycles. The van der Waals surface area contributed by atoms with E-state index in [-0.39, 0.29) is 29.1 Å². The first-order chi connectivity index (χ1) is 14.2. The summed E-state index contributed by atoms with van der Waals surface area (Å²) in [6.07, 6.45) is 0.959. The first-order valence-electron chi connectivity index (χ1n) is 10.2. The van der Waals surface area contributed by atoms with Gasteiger partial charge in [0.25, 0.3) is 0 Å². The molecule has 0 aliphatic carbocycles. The number of nitrogens with one attached hydrogen (secondary N) is 1. The SMILES string of the molecule is CC(C)[C@@H](NCc1cc(O)cc(Cl)c1)C(=O)N1CCC(O)(c2ccc(Cl)cc2)CC1.O. The number of hydrogen-bond donors (Lipinski definition) is 3. The van der Waals surface area contributed by atoms with Crippen LogP contribution in [0.4, 0.5) is 0 Å². The standard InChI is InChI=1S/C23H28Cl2N2O3.H2O/c1-15(2)21(26-14-16-11-19(25)13-20(28)12-16)22(29)27-9-7-23(30,8-10-27)17-3-5-18(24)6-4-17;/h3-6,11-13,15,21,26,28,30H,7-10,14H2,1-2H3;1H2/t21-;/m1./s1. The fourth-order valence-corrected chi connectivity index (χ4v) is 4.29. The van der Waals surface area contributed by atoms with E-state index in [1.54, 1.807) is 24.3 Å². The van der Waals surface area contributed by atoms with E-state index in [9.17, 15) is 15.0 Å². The average molecular weight is 469 g/mol. The largest absolute Gasteiger partial charge is 0.508 e. The maximum atomic E-state index is 13.2. The number of phenols is 1. The van der Waals surface area contributed by atoms with E-state index in [1.807, 2.05) is 30.9 Å². The van der Waals surface area contributed by atoms with Crippen LogP contribution in [0.5, 0.6) is 5.75 Å². The Balaban J connectivity index is 0.00000341. The monoisotopic (exact) mass is 468 g/mol. The minimum absolute atomic E-state index is 0. The number of aliphatic hydroxyl groups is 1. The highest BCUT2D eigenvalue weighted by Gasteiger charge is 2.37. The predicted molar refractivity (Wildman–Crippen MR) is 123 cm³/mol. The molecule has 0 aromatic heterocycles. The van der Waals surface area contributed by atoms with Crippen LogP contribution in [0.1, 0.15) is 37.8 Å². The minimum Gasteiger partial charge on any atom is -0.508 e. The van der Waals surface area contributed by atoms with Crippen LogP contribution in [0, 0.1) is 5.92 Å². The smallest absolute Gasteiger partial charge is 0.239 e. The van der Waals surface area contributed by atoms with Crippen LogP contribution in [0.15, 0.2) is 42.5 Å². The van der Waals surface area contributed by atoms with Crippen molar-refractivity contribution in [1.29, 1.82) is 0 Å². The number of benzene rings is 2. The van der Waals surface area contributed by atoms with Crippen molar-refractivity contribution in [3.05, 3.63) is 63.6 Å². The van der Waals surface area contributed by atoms with Gasteiger partial charge in [0.2, 0.25) is 5.91 Å². The molecule has 1 saturated heterocycles. The third kappa shape index (κ3) is 6.34. The maximum absolute atomic E-state index is 13.2. The zero-order valence-electron chi connectivity index (χ0n) is 17.7. The highest BCUT2D eigenvalue weighted by atomic mass is 35.5. The molecule has 31 heavy (non-hydrogen) atoms. The number of nitrogens with zero attached hydrogens (tertiary/aromatic N) is 1. The van der Waals surface area contributed by atoms with Gasteiger partial charge < -0.3 is 25.9 Å². The third-order valence-corrected chi connectivity index (χ3v) is 6.16. The quantitative estimate of drug-likeness (QED) is 0.603. The van der Waals surface area contributed by atoms with Gasteiger partial charge in [-0.05, 0) is 60.2 Å². The summed E-state index contributed by atoms with van der Waals surface area (Å²) in [6, 6.07) is 11.8. The van der Waals surface area contributed by atoms with Crippen molar-refractivity contribution in [2.24, 2.45) is 5.92 Å². The van der Waals surface area contributed by atoms with Crippen molar-refractivity contribution in [3.8, 4) is 5.75 Å². The van der Waals surface area contributed by atoms with Gasteiger partial charge in [-0.2, -0.15) is 0 Å². The summed E-state index contributed by atoms with van der Waals surface area (Å²) >= 11 is 12.0. The molecule has 0 unspecified atom stereocenters. The predicted octanol–water partition coefficient (Wildman–Crippen LogP) is 3.50. The summed E-state index contributed by atoms with van der Waals surface area (Å²) in [4.78, 5) is 15.0. The molecule has 0 spiro atoms. The number of halogens is 2. The molecule has 1 atom stereocenters. The van der Waals surface area contributed by atoms with Crippen LogP contribution >= 0.6 is 23.2 Å². The summed E-state index contributed by atoms with van der Waals surface area (Å²) in [6.45, 7) is 5.39. The fourth-order valence-electron chi connectivity index (χ4n) is 3.91. The molecule has 1 aliphatic rings. The summed E-state index contributed by atoms with van der Waals surface area (Å²) in [5.41, 5.74) is 0.702. The number of amides is 1. The molecule has 3 rings (SSSR count). The van der Waals surface area contributed by atoms with E-state index in [1.165, 1.54) is 6.07 Å². The van der Waals surface area contributed by atoms with E-state index in [0.717, 1.165) is 11.1 Å². The Morgan fingerprint density at radius 1 is 1.10 bits per heavy atom. The first-order valence-corrected chi connectivity index (χ1v) is 10.9. The van der Waals surface area contributed by atoms with Gasteiger partial charge in [0, 0.05) is 29.7 Å². The van der Waals surface area contributed by atoms with Crippen molar-refractivity contribution in [3.63, 3.8) is 0 Å². The van der Waals surface area contributed by atoms with Crippen LogP contribution in [-0.2, 0) is 16.9 Å². The zero-order chi connectivity index (χ0) is 21.9. The van der Waals surface area contributed by atoms with Gasteiger partial charge in [-0.25, -0.2) is 0 Å². The lowest BCUT2D eigenvalue weighted by Crippen LogP contribution is -2.53. The topological polar surface area (TPSA) is 104 Å². The van der Waals surface area contributed by atoms with Gasteiger partial charge in [0.05, 0.1) is 11.6 Å². The van der Waals surface area contributed by atoms with Gasteiger partial charge in [0.1, 0.15) is 5.75 Å². The summed E-state index contributed by atoms with van der Waals surface area (Å²) in [7, 11) is 0. The molecule has 0 radical (unpaired) electrons. The number of phenolic OH excluding ortho intramolecular Hbond substituents is 1.